The van der Waals surface area contributed by atoms with Gasteiger partial charge < -0.3 is 5.32 Å². The minimum Gasteiger partial charge on any atom is -0.311 e. The summed E-state index contributed by atoms with van der Waals surface area (Å²) in [6.45, 7) is 7.08. The molecule has 0 fully saturated rings. The van der Waals surface area contributed by atoms with E-state index in [2.05, 4.69) is 39.2 Å². The predicted molar refractivity (Wildman–Crippen MR) is 81.1 cm³/mol. The maximum Gasteiger partial charge on any atom is 0.0312 e. The highest BCUT2D eigenvalue weighted by atomic mass is 15.1. The van der Waals surface area contributed by atoms with E-state index in [1.807, 2.05) is 30.7 Å². The van der Waals surface area contributed by atoms with Crippen LogP contribution in [0, 0.1) is 0 Å². The molecule has 2 rings (SSSR count). The van der Waals surface area contributed by atoms with Crippen LogP contribution in [0.2, 0.25) is 0 Å². The molecule has 0 spiro atoms. The van der Waals surface area contributed by atoms with E-state index in [4.69, 9.17) is 0 Å². The molecule has 4 heteroatoms. The molecule has 1 N–H and O–H groups in total. The van der Waals surface area contributed by atoms with Gasteiger partial charge in [0.1, 0.15) is 0 Å². The van der Waals surface area contributed by atoms with Crippen molar-refractivity contribution in [2.75, 3.05) is 19.6 Å². The summed E-state index contributed by atoms with van der Waals surface area (Å²) in [6, 6.07) is 8.17. The first kappa shape index (κ1) is 14.6. The van der Waals surface area contributed by atoms with Crippen LogP contribution in [-0.2, 0) is 13.1 Å². The van der Waals surface area contributed by atoms with Gasteiger partial charge in [0, 0.05) is 51.0 Å². The van der Waals surface area contributed by atoms with Gasteiger partial charge in [-0.15, -0.1) is 0 Å². The molecule has 0 aromatic carbocycles. The Morgan fingerprint density at radius 2 is 1.75 bits per heavy atom. The molecule has 106 valence electrons. The van der Waals surface area contributed by atoms with Crippen molar-refractivity contribution in [3.05, 3.63) is 60.2 Å². The highest BCUT2D eigenvalue weighted by molar-refractivity contribution is 5.08. The third-order valence-corrected chi connectivity index (χ3v) is 3.23. The van der Waals surface area contributed by atoms with Crippen molar-refractivity contribution >= 4 is 0 Å². The van der Waals surface area contributed by atoms with E-state index in [9.17, 15) is 0 Å². The number of nitrogens with one attached hydrogen (secondary N) is 1. The molecule has 0 amide bonds. The van der Waals surface area contributed by atoms with Gasteiger partial charge in [-0.05, 0) is 29.8 Å². The Morgan fingerprint density at radius 3 is 2.35 bits per heavy atom. The Labute approximate surface area is 120 Å². The third-order valence-electron chi connectivity index (χ3n) is 3.23. The SMILES string of the molecule is CCN(CCNCc1cccnc1)Cc1cccnc1. The fraction of sp³-hybridized carbons (Fsp3) is 0.375. The summed E-state index contributed by atoms with van der Waals surface area (Å²) in [5.41, 5.74) is 2.49. The highest BCUT2D eigenvalue weighted by Crippen LogP contribution is 2.02. The molecule has 20 heavy (non-hydrogen) atoms. The fourth-order valence-corrected chi connectivity index (χ4v) is 2.07. The van der Waals surface area contributed by atoms with Crippen LogP contribution in [0.25, 0.3) is 0 Å². The van der Waals surface area contributed by atoms with Gasteiger partial charge in [0.05, 0.1) is 0 Å². The summed E-state index contributed by atoms with van der Waals surface area (Å²) < 4.78 is 0. The average Bonchev–Trinajstić information content (AvgIpc) is 2.52. The number of hydrogen-bond acceptors (Lipinski definition) is 4. The smallest absolute Gasteiger partial charge is 0.0312 e. The molecule has 0 unspecified atom stereocenters. The number of rotatable bonds is 8. The first-order chi connectivity index (χ1) is 9.88. The van der Waals surface area contributed by atoms with Crippen LogP contribution in [0.3, 0.4) is 0 Å². The van der Waals surface area contributed by atoms with Crippen LogP contribution in [-0.4, -0.2) is 34.5 Å². The Bertz CT molecular complexity index is 472. The summed E-state index contributed by atoms with van der Waals surface area (Å²) in [7, 11) is 0. The molecule has 0 saturated heterocycles. The zero-order valence-electron chi connectivity index (χ0n) is 12.0. The van der Waals surface area contributed by atoms with Crippen molar-refractivity contribution in [2.24, 2.45) is 0 Å². The Morgan fingerprint density at radius 1 is 1.05 bits per heavy atom. The Balaban J connectivity index is 1.69. The first-order valence-electron chi connectivity index (χ1n) is 7.09. The molecular formula is C16H22N4. The van der Waals surface area contributed by atoms with E-state index in [1.54, 1.807) is 6.20 Å². The normalized spacial score (nSPS) is 10.9. The number of aromatic nitrogens is 2. The maximum absolute atomic E-state index is 4.16. The van der Waals surface area contributed by atoms with Gasteiger partial charge >= 0.3 is 0 Å². The molecule has 0 aliphatic rings. The second-order valence-electron chi connectivity index (χ2n) is 4.77. The molecule has 0 bridgehead atoms. The molecule has 0 aliphatic carbocycles. The van der Waals surface area contributed by atoms with E-state index in [0.29, 0.717) is 0 Å². The van der Waals surface area contributed by atoms with Gasteiger partial charge in [-0.3, -0.25) is 14.9 Å². The summed E-state index contributed by atoms with van der Waals surface area (Å²) in [5.74, 6) is 0. The molecule has 2 heterocycles. The standard InChI is InChI=1S/C16H22N4/c1-2-20(14-16-6-4-8-18-13-16)10-9-19-12-15-5-3-7-17-11-15/h3-8,11,13,19H,2,9-10,12,14H2,1H3. The van der Waals surface area contributed by atoms with Crippen molar-refractivity contribution in [3.63, 3.8) is 0 Å². The van der Waals surface area contributed by atoms with E-state index in [-0.39, 0.29) is 0 Å². The second-order valence-corrected chi connectivity index (χ2v) is 4.77. The van der Waals surface area contributed by atoms with Gasteiger partial charge in [-0.1, -0.05) is 19.1 Å². The highest BCUT2D eigenvalue weighted by Gasteiger charge is 2.03. The van der Waals surface area contributed by atoms with E-state index in [0.717, 1.165) is 32.7 Å². The average molecular weight is 270 g/mol. The van der Waals surface area contributed by atoms with Crippen LogP contribution in [0.1, 0.15) is 18.1 Å². The Kier molecular flexibility index (Phi) is 6.14. The lowest BCUT2D eigenvalue weighted by Crippen LogP contribution is -2.31. The maximum atomic E-state index is 4.16. The monoisotopic (exact) mass is 270 g/mol. The minimum atomic E-state index is 0.873. The summed E-state index contributed by atoms with van der Waals surface area (Å²) in [4.78, 5) is 10.7. The van der Waals surface area contributed by atoms with Gasteiger partial charge in [0.25, 0.3) is 0 Å². The van der Waals surface area contributed by atoms with Gasteiger partial charge in [0.2, 0.25) is 0 Å². The van der Waals surface area contributed by atoms with Crippen LogP contribution in [0.15, 0.2) is 49.1 Å². The largest absolute Gasteiger partial charge is 0.311 e. The van der Waals surface area contributed by atoms with E-state index in [1.165, 1.54) is 11.1 Å². The van der Waals surface area contributed by atoms with Crippen molar-refractivity contribution < 1.29 is 0 Å². The molecular weight excluding hydrogens is 248 g/mol. The molecule has 2 aromatic rings. The fourth-order valence-electron chi connectivity index (χ4n) is 2.07. The van der Waals surface area contributed by atoms with E-state index >= 15 is 0 Å². The lowest BCUT2D eigenvalue weighted by Gasteiger charge is -2.20. The number of hydrogen-bond donors (Lipinski definition) is 1. The topological polar surface area (TPSA) is 41.0 Å². The lowest BCUT2D eigenvalue weighted by atomic mass is 10.2. The van der Waals surface area contributed by atoms with Crippen molar-refractivity contribution in [1.82, 2.24) is 20.2 Å². The van der Waals surface area contributed by atoms with Gasteiger partial charge in [-0.2, -0.15) is 0 Å². The molecule has 0 radical (unpaired) electrons. The van der Waals surface area contributed by atoms with Gasteiger partial charge in [-0.25, -0.2) is 0 Å². The van der Waals surface area contributed by atoms with Crippen LogP contribution < -0.4 is 5.32 Å². The third kappa shape index (κ3) is 5.07. The number of likely N-dealkylation sites (N-methyl/N-ethyl adjacent to an activating group) is 1. The van der Waals surface area contributed by atoms with Crippen LogP contribution in [0.5, 0.6) is 0 Å². The zero-order chi connectivity index (χ0) is 14.0. The summed E-state index contributed by atoms with van der Waals surface area (Å²) in [5, 5.41) is 3.45. The van der Waals surface area contributed by atoms with Crippen molar-refractivity contribution in [3.8, 4) is 0 Å². The zero-order valence-corrected chi connectivity index (χ0v) is 12.0. The summed E-state index contributed by atoms with van der Waals surface area (Å²) in [6.07, 6.45) is 7.46. The van der Waals surface area contributed by atoms with E-state index < -0.39 is 0 Å². The quantitative estimate of drug-likeness (QED) is 0.746. The van der Waals surface area contributed by atoms with Crippen LogP contribution in [0.4, 0.5) is 0 Å². The summed E-state index contributed by atoms with van der Waals surface area (Å²) >= 11 is 0. The molecule has 0 atom stereocenters. The molecule has 0 saturated carbocycles. The second kappa shape index (κ2) is 8.40. The molecule has 4 nitrogen and oxygen atoms in total. The molecule has 2 aromatic heterocycles. The number of pyridine rings is 2. The van der Waals surface area contributed by atoms with Gasteiger partial charge in [0.15, 0.2) is 0 Å². The number of nitrogens with zero attached hydrogens (tertiary/aromatic N) is 3. The first-order valence-corrected chi connectivity index (χ1v) is 7.09. The predicted octanol–water partition coefficient (Wildman–Crippen LogP) is 2.09. The van der Waals surface area contributed by atoms with Crippen molar-refractivity contribution in [2.45, 2.75) is 20.0 Å². The van der Waals surface area contributed by atoms with Crippen LogP contribution >= 0.6 is 0 Å². The lowest BCUT2D eigenvalue weighted by molar-refractivity contribution is 0.278. The molecule has 0 aliphatic heterocycles. The van der Waals surface area contributed by atoms with Crippen molar-refractivity contribution in [1.29, 1.82) is 0 Å². The Hall–Kier alpha value is -1.78. The minimum absolute atomic E-state index is 0.873.